The molecule has 0 radical (unpaired) electrons. The van der Waals surface area contributed by atoms with Crippen molar-refractivity contribution in [3.05, 3.63) is 92.9 Å². The molecule has 4 rings (SSSR count). The maximum absolute atomic E-state index is 13.8. The van der Waals surface area contributed by atoms with Gasteiger partial charge in [-0.2, -0.15) is 0 Å². The van der Waals surface area contributed by atoms with E-state index in [0.29, 0.717) is 49.0 Å². The molecule has 1 aliphatic carbocycles. The number of nitro groups is 1. The van der Waals surface area contributed by atoms with Crippen molar-refractivity contribution in [2.45, 2.75) is 111 Å². The van der Waals surface area contributed by atoms with Crippen LogP contribution in [0.25, 0.3) is 0 Å². The van der Waals surface area contributed by atoms with Gasteiger partial charge in [-0.3, -0.25) is 14.9 Å². The van der Waals surface area contributed by atoms with Gasteiger partial charge in [0.2, 0.25) is 0 Å². The van der Waals surface area contributed by atoms with Crippen molar-refractivity contribution in [2.75, 3.05) is 6.61 Å². The summed E-state index contributed by atoms with van der Waals surface area (Å²) < 4.78 is 23.3. The molecule has 1 unspecified atom stereocenters. The van der Waals surface area contributed by atoms with Crippen LogP contribution in [-0.2, 0) is 32.2 Å². The molecule has 1 aliphatic rings. The van der Waals surface area contributed by atoms with E-state index in [9.17, 15) is 19.7 Å². The third-order valence-electron chi connectivity index (χ3n) is 8.15. The summed E-state index contributed by atoms with van der Waals surface area (Å²) in [4.78, 5) is 37.5. The van der Waals surface area contributed by atoms with Gasteiger partial charge in [0.15, 0.2) is 5.76 Å². The van der Waals surface area contributed by atoms with Crippen molar-refractivity contribution in [1.82, 2.24) is 5.16 Å². The predicted molar refractivity (Wildman–Crippen MR) is 177 cm³/mol. The van der Waals surface area contributed by atoms with Gasteiger partial charge in [0.25, 0.3) is 5.69 Å². The second-order valence-corrected chi connectivity index (χ2v) is 14.8. The van der Waals surface area contributed by atoms with Crippen molar-refractivity contribution in [2.24, 2.45) is 11.3 Å². The van der Waals surface area contributed by atoms with E-state index < -0.39 is 28.4 Å². The lowest BCUT2D eigenvalue weighted by atomic mass is 9.67. The molecule has 1 fully saturated rings. The molecule has 0 spiro atoms. The summed E-state index contributed by atoms with van der Waals surface area (Å²) in [6.45, 7) is 13.0. The summed E-state index contributed by atoms with van der Waals surface area (Å²) in [5.74, 6) is -0.429. The summed E-state index contributed by atoms with van der Waals surface area (Å²) in [5.41, 5.74) is 1.81. The second kappa shape index (κ2) is 15.7. The van der Waals surface area contributed by atoms with Crippen molar-refractivity contribution in [3.8, 4) is 0 Å². The lowest BCUT2D eigenvalue weighted by Gasteiger charge is -2.38. The fourth-order valence-electron chi connectivity index (χ4n) is 6.11. The third-order valence-corrected chi connectivity index (χ3v) is 8.15. The topological polar surface area (TPSA) is 131 Å². The molecule has 0 saturated heterocycles. The quantitative estimate of drug-likeness (QED) is 0.0687. The fourth-order valence-corrected chi connectivity index (χ4v) is 6.11. The van der Waals surface area contributed by atoms with Crippen LogP contribution in [-0.4, -0.2) is 34.2 Å². The number of hydrogen-bond acceptors (Lipinski definition) is 9. The van der Waals surface area contributed by atoms with E-state index in [2.05, 4.69) is 25.9 Å². The van der Waals surface area contributed by atoms with Gasteiger partial charge in [0.1, 0.15) is 23.5 Å². The molecule has 1 saturated carbocycles. The monoisotopic (exact) mass is 648 g/mol. The van der Waals surface area contributed by atoms with Gasteiger partial charge in [0, 0.05) is 30.6 Å². The lowest BCUT2D eigenvalue weighted by Crippen LogP contribution is -2.27. The number of carbonyl (C=O) groups is 2. The maximum atomic E-state index is 13.8. The zero-order valence-electron chi connectivity index (χ0n) is 28.5. The average molecular weight is 649 g/mol. The highest BCUT2D eigenvalue weighted by Crippen LogP contribution is 2.48. The Hall–Kier alpha value is -4.05. The Morgan fingerprint density at radius 2 is 1.64 bits per heavy atom. The first kappa shape index (κ1) is 35.8. The van der Waals surface area contributed by atoms with Crippen LogP contribution in [0.2, 0.25) is 0 Å². The zero-order chi connectivity index (χ0) is 34.2. The normalized spacial score (nSPS) is 17.1. The van der Waals surface area contributed by atoms with E-state index in [4.69, 9.17) is 18.7 Å². The largest absolute Gasteiger partial charge is 0.460 e. The molecule has 0 aliphatic heterocycles. The summed E-state index contributed by atoms with van der Waals surface area (Å²) in [5, 5.41) is 15.5. The molecule has 10 nitrogen and oxygen atoms in total. The van der Waals surface area contributed by atoms with Crippen LogP contribution in [0, 0.1) is 21.4 Å². The van der Waals surface area contributed by atoms with Crippen molar-refractivity contribution >= 4 is 17.6 Å². The zero-order valence-corrected chi connectivity index (χ0v) is 28.5. The molecule has 47 heavy (non-hydrogen) atoms. The smallest absolute Gasteiger partial charge is 0.344 e. The number of benzene rings is 2. The third kappa shape index (κ3) is 11.0. The van der Waals surface area contributed by atoms with E-state index >= 15 is 0 Å². The molecular weight excluding hydrogens is 600 g/mol. The molecule has 1 heterocycles. The van der Waals surface area contributed by atoms with Crippen molar-refractivity contribution in [1.29, 1.82) is 0 Å². The van der Waals surface area contributed by atoms with E-state index in [1.165, 1.54) is 12.1 Å². The van der Waals surface area contributed by atoms with E-state index in [-0.39, 0.29) is 35.6 Å². The number of hydrogen-bond donors (Lipinski definition) is 0. The summed E-state index contributed by atoms with van der Waals surface area (Å²) in [6.07, 6.45) is 3.96. The first-order valence-electron chi connectivity index (χ1n) is 16.4. The van der Waals surface area contributed by atoms with Gasteiger partial charge in [-0.15, -0.1) is 0 Å². The average Bonchev–Trinajstić information content (AvgIpc) is 3.40. The highest BCUT2D eigenvalue weighted by Gasteiger charge is 2.41. The van der Waals surface area contributed by atoms with Gasteiger partial charge in [-0.1, -0.05) is 56.3 Å². The molecular formula is C37H48N2O8. The first-order chi connectivity index (χ1) is 22.2. The number of nitrogens with zero attached hydrogens (tertiary/aromatic N) is 2. The van der Waals surface area contributed by atoms with E-state index in [0.717, 1.165) is 24.8 Å². The number of nitro benzene ring substituents is 1. The maximum Gasteiger partial charge on any atom is 0.344 e. The molecule has 0 amide bonds. The standard InChI is InChI=1S/C37H48N2O8/c1-36(2,3)22-27-19-29(20-27)34-32(35(41)45-24-26-14-16-30(17-15-26)39(42)43)33(38-47-34)28(21-31(40)46-37(4,5)6)13-10-18-44-23-25-11-8-7-9-12-25/h7-9,11-12,14-17,27-29H,10,13,18-24H2,1-6H3. The molecule has 0 bridgehead atoms. The van der Waals surface area contributed by atoms with E-state index in [1.807, 2.05) is 51.1 Å². The van der Waals surface area contributed by atoms with E-state index in [1.54, 1.807) is 12.1 Å². The summed E-state index contributed by atoms with van der Waals surface area (Å²) >= 11 is 0. The summed E-state index contributed by atoms with van der Waals surface area (Å²) in [6, 6.07) is 15.8. The first-order valence-corrected chi connectivity index (χ1v) is 16.4. The Bertz CT molecular complexity index is 1480. The number of aromatic nitrogens is 1. The van der Waals surface area contributed by atoms with Crippen LogP contribution in [0.1, 0.15) is 125 Å². The van der Waals surface area contributed by atoms with Gasteiger partial charge in [-0.25, -0.2) is 4.79 Å². The molecule has 2 aromatic carbocycles. The van der Waals surface area contributed by atoms with Crippen molar-refractivity contribution < 1.29 is 33.2 Å². The van der Waals surface area contributed by atoms with Crippen LogP contribution >= 0.6 is 0 Å². The molecule has 1 aromatic heterocycles. The highest BCUT2D eigenvalue weighted by molar-refractivity contribution is 5.92. The molecule has 1 atom stereocenters. The minimum atomic E-state index is -0.671. The Kier molecular flexibility index (Phi) is 12.0. The van der Waals surface area contributed by atoms with Gasteiger partial charge < -0.3 is 18.7 Å². The number of rotatable bonds is 15. The Labute approximate surface area is 277 Å². The SMILES string of the molecule is CC(C)(C)CC1CC(c2onc(C(CCCOCc3ccccc3)CC(=O)OC(C)(C)C)c2C(=O)OCc2ccc([N+](=O)[O-])cc2)C1. The molecule has 254 valence electrons. The van der Waals surface area contributed by atoms with Crippen LogP contribution in [0.4, 0.5) is 5.69 Å². The van der Waals surface area contributed by atoms with Crippen LogP contribution in [0.3, 0.4) is 0 Å². The van der Waals surface area contributed by atoms with Crippen LogP contribution in [0.5, 0.6) is 0 Å². The molecule has 3 aromatic rings. The Morgan fingerprint density at radius 3 is 2.26 bits per heavy atom. The minimum Gasteiger partial charge on any atom is -0.460 e. The summed E-state index contributed by atoms with van der Waals surface area (Å²) in [7, 11) is 0. The Morgan fingerprint density at radius 1 is 0.979 bits per heavy atom. The van der Waals surface area contributed by atoms with Crippen molar-refractivity contribution in [3.63, 3.8) is 0 Å². The minimum absolute atomic E-state index is 0.0157. The fraction of sp³-hybridized carbons (Fsp3) is 0.541. The number of carbonyl (C=O) groups excluding carboxylic acids is 2. The molecule has 0 N–H and O–H groups in total. The lowest BCUT2D eigenvalue weighted by molar-refractivity contribution is -0.384. The number of non-ortho nitro benzene ring substituents is 1. The van der Waals surface area contributed by atoms with Gasteiger partial charge >= 0.3 is 11.9 Å². The second-order valence-electron chi connectivity index (χ2n) is 14.8. The number of esters is 2. The van der Waals surface area contributed by atoms with Crippen LogP contribution in [0.15, 0.2) is 59.1 Å². The highest BCUT2D eigenvalue weighted by atomic mass is 16.6. The molecule has 10 heteroatoms. The van der Waals surface area contributed by atoms with Gasteiger partial charge in [-0.05, 0) is 87.5 Å². The van der Waals surface area contributed by atoms with Gasteiger partial charge in [0.05, 0.1) is 18.0 Å². The van der Waals surface area contributed by atoms with Crippen LogP contribution < -0.4 is 0 Å². The predicted octanol–water partition coefficient (Wildman–Crippen LogP) is 8.68. The Balaban J connectivity index is 1.55. The number of ether oxygens (including phenoxy) is 3.